The van der Waals surface area contributed by atoms with E-state index in [1.165, 1.54) is 0 Å². The number of hydrogen-bond donors (Lipinski definition) is 1. The maximum absolute atomic E-state index is 12.3. The topological polar surface area (TPSA) is 96.7 Å². The fourth-order valence-corrected chi connectivity index (χ4v) is 3.91. The third kappa shape index (κ3) is 3.52. The van der Waals surface area contributed by atoms with E-state index in [1.807, 2.05) is 36.5 Å². The molecule has 4 aromatic heterocycles. The predicted molar refractivity (Wildman–Crippen MR) is 124 cm³/mol. The average molecular weight is 434 g/mol. The van der Waals surface area contributed by atoms with Crippen molar-refractivity contribution in [2.24, 2.45) is 5.73 Å². The highest BCUT2D eigenvalue weighted by Crippen LogP contribution is 2.32. The quantitative estimate of drug-likeness (QED) is 0.349. The SMILES string of the molecule is C=CCn1c(-c2nc3cc(C(=O)OCC)cc(OC)n3c2C)cc2ccc([C@@H](C)N)nc21. The Hall–Kier alpha value is -3.65. The van der Waals surface area contributed by atoms with E-state index >= 15 is 0 Å². The van der Waals surface area contributed by atoms with Crippen LogP contribution in [0.4, 0.5) is 0 Å². The van der Waals surface area contributed by atoms with Gasteiger partial charge in [-0.25, -0.2) is 14.8 Å². The zero-order valence-electron chi connectivity index (χ0n) is 18.8. The molecule has 0 spiro atoms. The summed E-state index contributed by atoms with van der Waals surface area (Å²) in [6, 6.07) is 9.24. The monoisotopic (exact) mass is 433 g/mol. The van der Waals surface area contributed by atoms with Gasteiger partial charge < -0.3 is 19.8 Å². The van der Waals surface area contributed by atoms with Gasteiger partial charge in [-0.05, 0) is 45.0 Å². The molecule has 0 fully saturated rings. The van der Waals surface area contributed by atoms with E-state index in [0.29, 0.717) is 30.2 Å². The molecule has 0 aliphatic carbocycles. The van der Waals surface area contributed by atoms with Gasteiger partial charge in [-0.2, -0.15) is 0 Å². The van der Waals surface area contributed by atoms with E-state index in [0.717, 1.165) is 33.8 Å². The lowest BCUT2D eigenvalue weighted by Gasteiger charge is -2.10. The largest absolute Gasteiger partial charge is 0.482 e. The molecule has 0 radical (unpaired) electrons. The van der Waals surface area contributed by atoms with Crippen LogP contribution < -0.4 is 10.5 Å². The van der Waals surface area contributed by atoms with Crippen LogP contribution in [0.15, 0.2) is 43.0 Å². The Morgan fingerprint density at radius 1 is 1.28 bits per heavy atom. The molecule has 0 amide bonds. The summed E-state index contributed by atoms with van der Waals surface area (Å²) in [5, 5.41) is 0.988. The number of hydrogen-bond acceptors (Lipinski definition) is 6. The lowest BCUT2D eigenvalue weighted by atomic mass is 10.2. The molecule has 2 N–H and O–H groups in total. The van der Waals surface area contributed by atoms with Gasteiger partial charge in [0.25, 0.3) is 0 Å². The minimum Gasteiger partial charge on any atom is -0.482 e. The molecule has 0 unspecified atom stereocenters. The fourth-order valence-electron chi connectivity index (χ4n) is 3.91. The van der Waals surface area contributed by atoms with Crippen LogP contribution in [0.5, 0.6) is 5.88 Å². The van der Waals surface area contributed by atoms with Gasteiger partial charge in [0.1, 0.15) is 17.0 Å². The van der Waals surface area contributed by atoms with E-state index in [1.54, 1.807) is 26.2 Å². The number of nitrogens with zero attached hydrogens (tertiary/aromatic N) is 4. The normalized spacial score (nSPS) is 12.3. The summed E-state index contributed by atoms with van der Waals surface area (Å²) in [4.78, 5) is 22.0. The number of aromatic nitrogens is 4. The molecule has 0 aliphatic heterocycles. The van der Waals surface area contributed by atoms with Gasteiger partial charge in [-0.1, -0.05) is 6.08 Å². The smallest absolute Gasteiger partial charge is 0.338 e. The Bertz CT molecular complexity index is 1330. The van der Waals surface area contributed by atoms with Crippen molar-refractivity contribution in [1.29, 1.82) is 0 Å². The molecule has 0 aliphatic rings. The number of carbonyl (C=O) groups excluding carboxylic acids is 1. The Labute approximate surface area is 186 Å². The minimum atomic E-state index is -0.413. The van der Waals surface area contributed by atoms with E-state index in [2.05, 4.69) is 17.2 Å². The molecule has 32 heavy (non-hydrogen) atoms. The number of aryl methyl sites for hydroxylation is 1. The summed E-state index contributed by atoms with van der Waals surface area (Å²) in [5.41, 5.74) is 11.2. The van der Waals surface area contributed by atoms with E-state index in [-0.39, 0.29) is 6.04 Å². The number of carbonyl (C=O) groups is 1. The molecule has 0 saturated heterocycles. The molecule has 166 valence electrons. The third-order valence-electron chi connectivity index (χ3n) is 5.42. The Balaban J connectivity index is 1.96. The highest BCUT2D eigenvalue weighted by molar-refractivity contribution is 5.91. The number of nitrogens with two attached hydrogens (primary N) is 1. The summed E-state index contributed by atoms with van der Waals surface area (Å²) < 4.78 is 14.7. The minimum absolute atomic E-state index is 0.169. The van der Waals surface area contributed by atoms with E-state index in [9.17, 15) is 4.79 Å². The van der Waals surface area contributed by atoms with Crippen molar-refractivity contribution in [3.8, 4) is 17.3 Å². The van der Waals surface area contributed by atoms with E-state index in [4.69, 9.17) is 25.2 Å². The number of ether oxygens (including phenoxy) is 2. The van der Waals surface area contributed by atoms with Gasteiger partial charge in [0.15, 0.2) is 5.88 Å². The highest BCUT2D eigenvalue weighted by atomic mass is 16.5. The van der Waals surface area contributed by atoms with Gasteiger partial charge in [0.2, 0.25) is 0 Å². The molecule has 0 saturated carbocycles. The first-order valence-corrected chi connectivity index (χ1v) is 10.5. The second-order valence-corrected chi connectivity index (χ2v) is 7.61. The van der Waals surface area contributed by atoms with Gasteiger partial charge in [-0.15, -0.1) is 6.58 Å². The van der Waals surface area contributed by atoms with Crippen molar-refractivity contribution in [2.45, 2.75) is 33.4 Å². The standard InChI is InChI=1S/C24H27N5O3/c1-6-10-28-19(11-16-8-9-18(14(3)25)26-23(16)28)22-15(4)29-20(27-22)12-17(13-21(29)31-5)24(30)32-7-2/h6,8-9,11-14H,1,7,10,25H2,2-5H3/t14-/m1/s1. The Kier molecular flexibility index (Phi) is 5.71. The van der Waals surface area contributed by atoms with Gasteiger partial charge in [0, 0.05) is 24.0 Å². The fraction of sp³-hybridized carbons (Fsp3) is 0.292. The second-order valence-electron chi connectivity index (χ2n) is 7.61. The average Bonchev–Trinajstić information content (AvgIpc) is 3.30. The molecular formula is C24H27N5O3. The van der Waals surface area contributed by atoms with Crippen LogP contribution in [-0.2, 0) is 11.3 Å². The molecule has 8 nitrogen and oxygen atoms in total. The number of esters is 1. The zero-order chi connectivity index (χ0) is 23.0. The van der Waals surface area contributed by atoms with Crippen LogP contribution in [0.25, 0.3) is 28.1 Å². The zero-order valence-corrected chi connectivity index (χ0v) is 18.8. The third-order valence-corrected chi connectivity index (χ3v) is 5.42. The first-order valence-electron chi connectivity index (χ1n) is 10.5. The van der Waals surface area contributed by atoms with Crippen molar-refractivity contribution in [1.82, 2.24) is 18.9 Å². The van der Waals surface area contributed by atoms with Crippen molar-refractivity contribution in [3.05, 3.63) is 59.9 Å². The van der Waals surface area contributed by atoms with Crippen LogP contribution in [0, 0.1) is 6.92 Å². The lowest BCUT2D eigenvalue weighted by Crippen LogP contribution is -2.08. The summed E-state index contributed by atoms with van der Waals surface area (Å²) in [6.07, 6.45) is 1.83. The maximum atomic E-state index is 12.3. The Morgan fingerprint density at radius 2 is 2.06 bits per heavy atom. The summed E-state index contributed by atoms with van der Waals surface area (Å²) >= 11 is 0. The Morgan fingerprint density at radius 3 is 2.72 bits per heavy atom. The van der Waals surface area contributed by atoms with Crippen molar-refractivity contribution < 1.29 is 14.3 Å². The van der Waals surface area contributed by atoms with Gasteiger partial charge >= 0.3 is 5.97 Å². The number of allylic oxidation sites excluding steroid dienone is 1. The molecule has 4 heterocycles. The van der Waals surface area contributed by atoms with Crippen LogP contribution in [-0.4, -0.2) is 38.6 Å². The predicted octanol–water partition coefficient (Wildman–Crippen LogP) is 4.05. The molecule has 4 rings (SSSR count). The molecule has 1 atom stereocenters. The van der Waals surface area contributed by atoms with Crippen LogP contribution in [0.2, 0.25) is 0 Å². The molecule has 4 aromatic rings. The number of fused-ring (bicyclic) bond motifs is 2. The highest BCUT2D eigenvalue weighted by Gasteiger charge is 2.21. The summed E-state index contributed by atoms with van der Waals surface area (Å²) in [6.45, 7) is 10.4. The maximum Gasteiger partial charge on any atom is 0.338 e. The molecule has 8 heteroatoms. The number of rotatable bonds is 7. The van der Waals surface area contributed by atoms with E-state index < -0.39 is 5.97 Å². The second kappa shape index (κ2) is 8.47. The van der Waals surface area contributed by atoms with Crippen LogP contribution >= 0.6 is 0 Å². The van der Waals surface area contributed by atoms with Crippen molar-refractivity contribution >= 4 is 22.6 Å². The first-order chi connectivity index (χ1) is 15.4. The summed E-state index contributed by atoms with van der Waals surface area (Å²) in [5.74, 6) is 0.0921. The first kappa shape index (κ1) is 21.6. The molecule has 0 aromatic carbocycles. The summed E-state index contributed by atoms with van der Waals surface area (Å²) in [7, 11) is 1.57. The van der Waals surface area contributed by atoms with Crippen molar-refractivity contribution in [2.75, 3.05) is 13.7 Å². The van der Waals surface area contributed by atoms with Crippen LogP contribution in [0.3, 0.4) is 0 Å². The van der Waals surface area contributed by atoms with Gasteiger partial charge in [0.05, 0.1) is 36.4 Å². The van der Waals surface area contributed by atoms with Gasteiger partial charge in [-0.3, -0.25) is 4.40 Å². The molecular weight excluding hydrogens is 406 g/mol. The van der Waals surface area contributed by atoms with Crippen LogP contribution in [0.1, 0.15) is 41.6 Å². The number of pyridine rings is 2. The molecule has 0 bridgehead atoms. The lowest BCUT2D eigenvalue weighted by molar-refractivity contribution is 0.0526. The number of imidazole rings is 1. The number of methoxy groups -OCH3 is 1. The van der Waals surface area contributed by atoms with Crippen molar-refractivity contribution in [3.63, 3.8) is 0 Å².